The molecule has 1 N–H and O–H groups in total. The molecular weight excluding hydrogens is 444 g/mol. The summed E-state index contributed by atoms with van der Waals surface area (Å²) in [5.41, 5.74) is 2.51. The van der Waals surface area contributed by atoms with E-state index in [1.807, 2.05) is 62.4 Å². The number of rotatable bonds is 7. The summed E-state index contributed by atoms with van der Waals surface area (Å²) in [6.45, 7) is 4.48. The van der Waals surface area contributed by atoms with Crippen LogP contribution >= 0.6 is 23.4 Å². The van der Waals surface area contributed by atoms with Crippen molar-refractivity contribution >= 4 is 46.6 Å². The summed E-state index contributed by atoms with van der Waals surface area (Å²) < 4.78 is 5.48. The van der Waals surface area contributed by atoms with Gasteiger partial charge >= 0.3 is 0 Å². The number of ether oxygens (including phenoxy) is 1. The number of hydrogen-bond donors (Lipinski definition) is 1. The molecule has 5 nitrogen and oxygen atoms in total. The molecule has 7 heteroatoms. The molecule has 0 unspecified atom stereocenters. The standard InChI is InChI=1S/C25H21ClN2O3S/c1-3-31-20-12-8-18(9-13-20)27-22-23(32-21-14-4-16(2)5-15-21)25(30)28(24(22)29)19-10-6-17(26)7-11-19/h4-15,27H,3H2,1-2H3. The molecule has 162 valence electrons. The Morgan fingerprint density at radius 1 is 0.906 bits per heavy atom. The topological polar surface area (TPSA) is 58.6 Å². The van der Waals surface area contributed by atoms with Crippen molar-refractivity contribution in [3.63, 3.8) is 0 Å². The van der Waals surface area contributed by atoms with Crippen molar-refractivity contribution in [1.29, 1.82) is 0 Å². The molecule has 2 amide bonds. The highest BCUT2D eigenvalue weighted by molar-refractivity contribution is 8.04. The fourth-order valence-electron chi connectivity index (χ4n) is 3.21. The molecule has 0 spiro atoms. The molecule has 0 radical (unpaired) electrons. The zero-order valence-corrected chi connectivity index (χ0v) is 19.2. The Morgan fingerprint density at radius 2 is 1.56 bits per heavy atom. The Morgan fingerprint density at radius 3 is 2.19 bits per heavy atom. The van der Waals surface area contributed by atoms with Crippen molar-refractivity contribution in [2.45, 2.75) is 18.7 Å². The number of halogens is 1. The van der Waals surface area contributed by atoms with Crippen molar-refractivity contribution in [3.8, 4) is 5.75 Å². The van der Waals surface area contributed by atoms with Crippen LogP contribution in [0.15, 0.2) is 88.3 Å². The van der Waals surface area contributed by atoms with Crippen LogP contribution in [0.25, 0.3) is 0 Å². The van der Waals surface area contributed by atoms with Crippen LogP contribution in [0, 0.1) is 6.92 Å². The van der Waals surface area contributed by atoms with Gasteiger partial charge in [0.05, 0.1) is 12.3 Å². The van der Waals surface area contributed by atoms with Crippen LogP contribution in [0.5, 0.6) is 5.75 Å². The number of imide groups is 1. The SMILES string of the molecule is CCOc1ccc(NC2=C(Sc3ccc(C)cc3)C(=O)N(c3ccc(Cl)cc3)C2=O)cc1. The Labute approximate surface area is 196 Å². The van der Waals surface area contributed by atoms with Gasteiger partial charge in [-0.1, -0.05) is 41.1 Å². The van der Waals surface area contributed by atoms with E-state index in [0.717, 1.165) is 16.2 Å². The van der Waals surface area contributed by atoms with Crippen LogP contribution in [0.2, 0.25) is 5.02 Å². The molecule has 0 saturated carbocycles. The predicted molar refractivity (Wildman–Crippen MR) is 129 cm³/mol. The Kier molecular flexibility index (Phi) is 6.53. The van der Waals surface area contributed by atoms with Crippen molar-refractivity contribution < 1.29 is 14.3 Å². The molecule has 4 rings (SSSR count). The second kappa shape index (κ2) is 9.51. The molecule has 0 atom stereocenters. The second-order valence-corrected chi connectivity index (χ2v) is 8.64. The van der Waals surface area contributed by atoms with E-state index < -0.39 is 5.91 Å². The first-order valence-electron chi connectivity index (χ1n) is 10.1. The van der Waals surface area contributed by atoms with Gasteiger partial charge in [0.2, 0.25) is 0 Å². The van der Waals surface area contributed by atoms with Crippen molar-refractivity contribution in [2.75, 3.05) is 16.8 Å². The van der Waals surface area contributed by atoms with E-state index in [0.29, 0.717) is 27.9 Å². The highest BCUT2D eigenvalue weighted by Gasteiger charge is 2.40. The fourth-order valence-corrected chi connectivity index (χ4v) is 4.26. The molecule has 0 bridgehead atoms. The maximum absolute atomic E-state index is 13.3. The third-order valence-electron chi connectivity index (χ3n) is 4.80. The van der Waals surface area contributed by atoms with Gasteiger partial charge in [0.25, 0.3) is 11.8 Å². The molecule has 1 aliphatic heterocycles. The van der Waals surface area contributed by atoms with E-state index in [4.69, 9.17) is 16.3 Å². The summed E-state index contributed by atoms with van der Waals surface area (Å²) in [7, 11) is 0. The first kappa shape index (κ1) is 22.0. The minimum atomic E-state index is -0.416. The second-order valence-electron chi connectivity index (χ2n) is 7.12. The van der Waals surface area contributed by atoms with Crippen molar-refractivity contribution in [3.05, 3.63) is 94.0 Å². The summed E-state index contributed by atoms with van der Waals surface area (Å²) in [5.74, 6) is -0.0601. The lowest BCUT2D eigenvalue weighted by Crippen LogP contribution is -2.32. The smallest absolute Gasteiger partial charge is 0.283 e. The molecule has 32 heavy (non-hydrogen) atoms. The van der Waals surface area contributed by atoms with E-state index in [1.165, 1.54) is 16.7 Å². The molecule has 3 aromatic rings. The maximum atomic E-state index is 13.3. The number of amides is 2. The summed E-state index contributed by atoms with van der Waals surface area (Å²) in [5, 5.41) is 3.68. The minimum Gasteiger partial charge on any atom is -0.494 e. The molecule has 0 aromatic heterocycles. The summed E-state index contributed by atoms with van der Waals surface area (Å²) in [6, 6.07) is 21.7. The van der Waals surface area contributed by atoms with E-state index in [-0.39, 0.29) is 11.6 Å². The normalized spacial score (nSPS) is 13.7. The monoisotopic (exact) mass is 464 g/mol. The minimum absolute atomic E-state index is 0.236. The van der Waals surface area contributed by atoms with Gasteiger partial charge in [-0.15, -0.1) is 0 Å². The van der Waals surface area contributed by atoms with Gasteiger partial charge in [0.15, 0.2) is 0 Å². The molecule has 0 aliphatic carbocycles. The average molecular weight is 465 g/mol. The summed E-state index contributed by atoms with van der Waals surface area (Å²) >= 11 is 7.25. The first-order valence-corrected chi connectivity index (χ1v) is 11.3. The van der Waals surface area contributed by atoms with Gasteiger partial charge < -0.3 is 10.1 Å². The van der Waals surface area contributed by atoms with Crippen LogP contribution in [0.1, 0.15) is 12.5 Å². The number of carbonyl (C=O) groups is 2. The molecule has 0 saturated heterocycles. The van der Waals surface area contributed by atoms with E-state index >= 15 is 0 Å². The lowest BCUT2D eigenvalue weighted by Gasteiger charge is -2.15. The quantitative estimate of drug-likeness (QED) is 0.432. The van der Waals surface area contributed by atoms with Gasteiger partial charge in [0, 0.05) is 15.6 Å². The third-order valence-corrected chi connectivity index (χ3v) is 6.14. The Balaban J connectivity index is 1.69. The lowest BCUT2D eigenvalue weighted by atomic mass is 10.2. The van der Waals surface area contributed by atoms with Crippen LogP contribution in [-0.2, 0) is 9.59 Å². The van der Waals surface area contributed by atoms with Gasteiger partial charge in [-0.3, -0.25) is 9.59 Å². The molecule has 3 aromatic carbocycles. The lowest BCUT2D eigenvalue weighted by molar-refractivity contribution is -0.120. The summed E-state index contributed by atoms with van der Waals surface area (Å²) in [6.07, 6.45) is 0. The number of benzene rings is 3. The maximum Gasteiger partial charge on any atom is 0.283 e. The number of anilines is 2. The van der Waals surface area contributed by atoms with Gasteiger partial charge in [-0.2, -0.15) is 0 Å². The van der Waals surface area contributed by atoms with Gasteiger partial charge in [0.1, 0.15) is 16.4 Å². The molecule has 1 heterocycles. The van der Waals surface area contributed by atoms with E-state index in [1.54, 1.807) is 24.3 Å². The first-order chi connectivity index (χ1) is 15.5. The number of aryl methyl sites for hydroxylation is 1. The zero-order valence-electron chi connectivity index (χ0n) is 17.6. The Hall–Kier alpha value is -3.22. The van der Waals surface area contributed by atoms with Crippen molar-refractivity contribution in [1.82, 2.24) is 0 Å². The highest BCUT2D eigenvalue weighted by atomic mass is 35.5. The van der Waals surface area contributed by atoms with Crippen molar-refractivity contribution in [2.24, 2.45) is 0 Å². The number of carbonyl (C=O) groups excluding carboxylic acids is 2. The Bertz CT molecular complexity index is 1170. The van der Waals surface area contributed by atoms with E-state index in [2.05, 4.69) is 5.32 Å². The fraction of sp³-hybridized carbons (Fsp3) is 0.120. The molecule has 0 fully saturated rings. The number of nitrogens with one attached hydrogen (secondary N) is 1. The number of thioether (sulfide) groups is 1. The highest BCUT2D eigenvalue weighted by Crippen LogP contribution is 2.38. The predicted octanol–water partition coefficient (Wildman–Crippen LogP) is 6.04. The molecular formula is C25H21ClN2O3S. The zero-order chi connectivity index (χ0) is 22.7. The van der Waals surface area contributed by atoms with Crippen LogP contribution in [0.4, 0.5) is 11.4 Å². The third kappa shape index (κ3) is 4.66. The summed E-state index contributed by atoms with van der Waals surface area (Å²) in [4.78, 5) is 29.1. The van der Waals surface area contributed by atoms with Gasteiger partial charge in [-0.05, 0) is 74.5 Å². The van der Waals surface area contributed by atoms with E-state index in [9.17, 15) is 9.59 Å². The molecule has 1 aliphatic rings. The largest absolute Gasteiger partial charge is 0.494 e. The van der Waals surface area contributed by atoms with Crippen LogP contribution in [-0.4, -0.2) is 18.4 Å². The number of hydrogen-bond acceptors (Lipinski definition) is 5. The van der Waals surface area contributed by atoms with Gasteiger partial charge in [-0.25, -0.2) is 4.90 Å². The van der Waals surface area contributed by atoms with Crippen LogP contribution < -0.4 is 15.0 Å². The average Bonchev–Trinajstić information content (AvgIpc) is 3.01. The number of nitrogens with zero attached hydrogens (tertiary/aromatic N) is 1. The van der Waals surface area contributed by atoms with Crippen LogP contribution in [0.3, 0.4) is 0 Å².